The molecule has 1 aromatic carbocycles. The zero-order chi connectivity index (χ0) is 13.3. The van der Waals surface area contributed by atoms with Crippen LogP contribution in [0.25, 0.3) is 0 Å². The highest BCUT2D eigenvalue weighted by molar-refractivity contribution is 5.75. The summed E-state index contributed by atoms with van der Waals surface area (Å²) in [7, 11) is 0. The molecule has 1 aromatic rings. The molecular weight excluding hydrogens is 238 g/mol. The van der Waals surface area contributed by atoms with Gasteiger partial charge in [0.2, 0.25) is 5.91 Å². The Morgan fingerprint density at radius 1 is 1.32 bits per heavy atom. The number of amides is 1. The Bertz CT molecular complexity index is 372. The van der Waals surface area contributed by atoms with E-state index in [-0.39, 0.29) is 5.91 Å². The monoisotopic (exact) mass is 261 g/mol. The van der Waals surface area contributed by atoms with Crippen LogP contribution in [-0.4, -0.2) is 25.7 Å². The lowest BCUT2D eigenvalue weighted by molar-refractivity contribution is -0.121. The van der Waals surface area contributed by atoms with Crippen LogP contribution in [0.2, 0.25) is 0 Å². The maximum absolute atomic E-state index is 11.7. The second kappa shape index (κ2) is 7.95. The molecule has 19 heavy (non-hydrogen) atoms. The molecular formula is C16H23NO2. The third-order valence-corrected chi connectivity index (χ3v) is 3.61. The Balaban J connectivity index is 1.52. The van der Waals surface area contributed by atoms with E-state index in [0.717, 1.165) is 45.4 Å². The molecule has 1 amide bonds. The highest BCUT2D eigenvalue weighted by Crippen LogP contribution is 2.15. The number of hydrogen-bond donors (Lipinski definition) is 1. The van der Waals surface area contributed by atoms with Crippen molar-refractivity contribution in [2.45, 2.75) is 32.1 Å². The molecule has 1 atom stereocenters. The van der Waals surface area contributed by atoms with E-state index >= 15 is 0 Å². The van der Waals surface area contributed by atoms with Crippen molar-refractivity contribution in [2.24, 2.45) is 5.92 Å². The van der Waals surface area contributed by atoms with E-state index in [1.807, 2.05) is 18.2 Å². The predicted octanol–water partition coefficient (Wildman–Crippen LogP) is 2.55. The van der Waals surface area contributed by atoms with E-state index in [9.17, 15) is 4.79 Å². The van der Waals surface area contributed by atoms with E-state index in [1.165, 1.54) is 5.56 Å². The first-order valence-electron chi connectivity index (χ1n) is 7.23. The van der Waals surface area contributed by atoms with Gasteiger partial charge in [-0.1, -0.05) is 30.3 Å². The first-order chi connectivity index (χ1) is 9.34. The summed E-state index contributed by atoms with van der Waals surface area (Å²) in [5, 5.41) is 3.00. The van der Waals surface area contributed by atoms with Gasteiger partial charge in [0.05, 0.1) is 0 Å². The lowest BCUT2D eigenvalue weighted by atomic mass is 10.1. The van der Waals surface area contributed by atoms with Crippen LogP contribution in [0.15, 0.2) is 30.3 Å². The number of nitrogens with one attached hydrogen (secondary N) is 1. The molecule has 1 N–H and O–H groups in total. The standard InChI is InChI=1S/C16H23NO2/c18-16(17-11-9-15-10-12-19-13-15)8-4-7-14-5-2-1-3-6-14/h1-3,5-6,15H,4,7-13H2,(H,17,18). The minimum Gasteiger partial charge on any atom is -0.381 e. The maximum atomic E-state index is 11.7. The Morgan fingerprint density at radius 3 is 2.89 bits per heavy atom. The fourth-order valence-electron chi connectivity index (χ4n) is 2.41. The fourth-order valence-corrected chi connectivity index (χ4v) is 2.41. The van der Waals surface area contributed by atoms with E-state index in [1.54, 1.807) is 0 Å². The number of rotatable bonds is 7. The van der Waals surface area contributed by atoms with Crippen LogP contribution in [0.5, 0.6) is 0 Å². The largest absolute Gasteiger partial charge is 0.381 e. The molecule has 0 radical (unpaired) electrons. The molecule has 3 nitrogen and oxygen atoms in total. The van der Waals surface area contributed by atoms with Crippen LogP contribution in [-0.2, 0) is 16.0 Å². The summed E-state index contributed by atoms with van der Waals surface area (Å²) in [5.41, 5.74) is 1.30. The minimum absolute atomic E-state index is 0.176. The van der Waals surface area contributed by atoms with Crippen molar-refractivity contribution in [1.29, 1.82) is 0 Å². The van der Waals surface area contributed by atoms with E-state index in [0.29, 0.717) is 12.3 Å². The quantitative estimate of drug-likeness (QED) is 0.819. The van der Waals surface area contributed by atoms with Gasteiger partial charge in [-0.2, -0.15) is 0 Å². The Labute approximate surface area is 115 Å². The molecule has 0 saturated carbocycles. The third kappa shape index (κ3) is 5.43. The first kappa shape index (κ1) is 14.1. The molecule has 1 unspecified atom stereocenters. The molecule has 1 saturated heterocycles. The molecule has 104 valence electrons. The summed E-state index contributed by atoms with van der Waals surface area (Å²) in [5.74, 6) is 0.819. The zero-order valence-corrected chi connectivity index (χ0v) is 11.4. The van der Waals surface area contributed by atoms with Crippen molar-refractivity contribution < 1.29 is 9.53 Å². The van der Waals surface area contributed by atoms with Crippen LogP contribution < -0.4 is 5.32 Å². The number of carbonyl (C=O) groups is 1. The molecule has 1 aliphatic heterocycles. The lowest BCUT2D eigenvalue weighted by Gasteiger charge is -2.08. The predicted molar refractivity (Wildman–Crippen MR) is 75.9 cm³/mol. The molecule has 0 spiro atoms. The summed E-state index contributed by atoms with van der Waals surface area (Å²) in [4.78, 5) is 11.7. The maximum Gasteiger partial charge on any atom is 0.220 e. The fraction of sp³-hybridized carbons (Fsp3) is 0.562. The second-order valence-corrected chi connectivity index (χ2v) is 5.21. The normalized spacial score (nSPS) is 18.4. The van der Waals surface area contributed by atoms with Crippen LogP contribution >= 0.6 is 0 Å². The second-order valence-electron chi connectivity index (χ2n) is 5.21. The Hall–Kier alpha value is -1.35. The first-order valence-corrected chi connectivity index (χ1v) is 7.23. The topological polar surface area (TPSA) is 38.3 Å². The highest BCUT2D eigenvalue weighted by atomic mass is 16.5. The smallest absolute Gasteiger partial charge is 0.220 e. The number of carbonyl (C=O) groups excluding carboxylic acids is 1. The zero-order valence-electron chi connectivity index (χ0n) is 11.4. The molecule has 2 rings (SSSR count). The van der Waals surface area contributed by atoms with Crippen molar-refractivity contribution in [2.75, 3.05) is 19.8 Å². The van der Waals surface area contributed by atoms with Gasteiger partial charge in [-0.15, -0.1) is 0 Å². The van der Waals surface area contributed by atoms with Gasteiger partial charge in [0.1, 0.15) is 0 Å². The summed E-state index contributed by atoms with van der Waals surface area (Å²) < 4.78 is 5.32. The third-order valence-electron chi connectivity index (χ3n) is 3.61. The molecule has 3 heteroatoms. The SMILES string of the molecule is O=C(CCCc1ccccc1)NCCC1CCOC1. The molecule has 0 aliphatic carbocycles. The summed E-state index contributed by atoms with van der Waals surface area (Å²) in [6, 6.07) is 10.3. The molecule has 1 aliphatic rings. The Morgan fingerprint density at radius 2 is 2.16 bits per heavy atom. The minimum atomic E-state index is 0.176. The van der Waals surface area contributed by atoms with Crippen molar-refractivity contribution in [3.63, 3.8) is 0 Å². The van der Waals surface area contributed by atoms with Crippen molar-refractivity contribution >= 4 is 5.91 Å². The molecule has 0 aromatic heterocycles. The number of hydrogen-bond acceptors (Lipinski definition) is 2. The van der Waals surface area contributed by atoms with Gasteiger partial charge in [0, 0.05) is 26.2 Å². The van der Waals surface area contributed by atoms with E-state index < -0.39 is 0 Å². The summed E-state index contributed by atoms with van der Waals surface area (Å²) in [6.07, 6.45) is 4.71. The van der Waals surface area contributed by atoms with Gasteiger partial charge in [0.25, 0.3) is 0 Å². The van der Waals surface area contributed by atoms with Gasteiger partial charge in [-0.25, -0.2) is 0 Å². The molecule has 1 heterocycles. The Kier molecular flexibility index (Phi) is 5.89. The van der Waals surface area contributed by atoms with Gasteiger partial charge >= 0.3 is 0 Å². The number of benzene rings is 1. The van der Waals surface area contributed by atoms with Gasteiger partial charge in [-0.3, -0.25) is 4.79 Å². The van der Waals surface area contributed by atoms with Crippen LogP contribution in [0.3, 0.4) is 0 Å². The van der Waals surface area contributed by atoms with E-state index in [4.69, 9.17) is 4.74 Å². The van der Waals surface area contributed by atoms with E-state index in [2.05, 4.69) is 17.4 Å². The average Bonchev–Trinajstić information content (AvgIpc) is 2.93. The average molecular weight is 261 g/mol. The van der Waals surface area contributed by atoms with Crippen LogP contribution in [0.4, 0.5) is 0 Å². The summed E-state index contributed by atoms with van der Waals surface area (Å²) in [6.45, 7) is 2.54. The van der Waals surface area contributed by atoms with Gasteiger partial charge < -0.3 is 10.1 Å². The number of aryl methyl sites for hydroxylation is 1. The summed E-state index contributed by atoms with van der Waals surface area (Å²) >= 11 is 0. The van der Waals surface area contributed by atoms with Gasteiger partial charge in [0.15, 0.2) is 0 Å². The molecule has 0 bridgehead atoms. The van der Waals surface area contributed by atoms with Crippen molar-refractivity contribution in [1.82, 2.24) is 5.32 Å². The number of ether oxygens (including phenoxy) is 1. The van der Waals surface area contributed by atoms with Gasteiger partial charge in [-0.05, 0) is 37.2 Å². The lowest BCUT2D eigenvalue weighted by Crippen LogP contribution is -2.25. The molecule has 1 fully saturated rings. The highest BCUT2D eigenvalue weighted by Gasteiger charge is 2.15. The van der Waals surface area contributed by atoms with Crippen LogP contribution in [0.1, 0.15) is 31.2 Å². The van der Waals surface area contributed by atoms with Crippen molar-refractivity contribution in [3.8, 4) is 0 Å². The van der Waals surface area contributed by atoms with Crippen molar-refractivity contribution in [3.05, 3.63) is 35.9 Å². The van der Waals surface area contributed by atoms with Crippen LogP contribution in [0, 0.1) is 5.92 Å².